The Morgan fingerprint density at radius 1 is 1.07 bits per heavy atom. The molecule has 0 aliphatic carbocycles. The topological polar surface area (TPSA) is 67.9 Å². The molecule has 0 saturated carbocycles. The van der Waals surface area contributed by atoms with Crippen LogP contribution in [0.1, 0.15) is 18.4 Å². The number of anilines is 1. The normalized spacial score (nSPS) is 14.6. The van der Waals surface area contributed by atoms with Gasteiger partial charge in [-0.3, -0.25) is 9.59 Å². The Balaban J connectivity index is 1.56. The summed E-state index contributed by atoms with van der Waals surface area (Å²) in [5, 5.41) is 3.28. The van der Waals surface area contributed by atoms with Crippen LogP contribution in [0.15, 0.2) is 48.5 Å². The summed E-state index contributed by atoms with van der Waals surface area (Å²) in [6, 6.07) is 12.9. The molecule has 0 atom stereocenters. The maximum absolute atomic E-state index is 12.7. The van der Waals surface area contributed by atoms with E-state index in [1.165, 1.54) is 14.2 Å². The van der Waals surface area contributed by atoms with E-state index in [1.54, 1.807) is 29.2 Å². The van der Waals surface area contributed by atoms with Crippen LogP contribution < -0.4 is 14.8 Å². The molecule has 0 radical (unpaired) electrons. The molecule has 30 heavy (non-hydrogen) atoms. The lowest BCUT2D eigenvalue weighted by Gasteiger charge is -2.30. The van der Waals surface area contributed by atoms with Gasteiger partial charge in [0.25, 0.3) is 0 Å². The maximum Gasteiger partial charge on any atom is 0.246 e. The van der Waals surface area contributed by atoms with Gasteiger partial charge in [-0.05, 0) is 30.5 Å². The second-order valence-electron chi connectivity index (χ2n) is 7.02. The number of nitrogens with zero attached hydrogens (tertiary/aromatic N) is 1. The summed E-state index contributed by atoms with van der Waals surface area (Å²) in [6.07, 6.45) is 4.59. The van der Waals surface area contributed by atoms with Crippen LogP contribution >= 0.6 is 11.6 Å². The monoisotopic (exact) mass is 428 g/mol. The predicted octanol–water partition coefficient (Wildman–Crippen LogP) is 4.25. The number of hydrogen-bond donors (Lipinski definition) is 1. The summed E-state index contributed by atoms with van der Waals surface area (Å²) in [6.45, 7) is 1.08. The van der Waals surface area contributed by atoms with Gasteiger partial charge in [-0.25, -0.2) is 0 Å². The van der Waals surface area contributed by atoms with Gasteiger partial charge >= 0.3 is 0 Å². The van der Waals surface area contributed by atoms with Crippen LogP contribution in [0.25, 0.3) is 6.08 Å². The molecule has 1 aliphatic heterocycles. The largest absolute Gasteiger partial charge is 0.495 e. The molecule has 2 amide bonds. The van der Waals surface area contributed by atoms with Crippen molar-refractivity contribution in [2.24, 2.45) is 5.92 Å². The summed E-state index contributed by atoms with van der Waals surface area (Å²) in [4.78, 5) is 26.9. The van der Waals surface area contributed by atoms with Gasteiger partial charge in [-0.1, -0.05) is 41.9 Å². The first-order valence-corrected chi connectivity index (χ1v) is 10.1. The van der Waals surface area contributed by atoms with Gasteiger partial charge in [0, 0.05) is 31.1 Å². The second-order valence-corrected chi connectivity index (χ2v) is 7.43. The van der Waals surface area contributed by atoms with Crippen LogP contribution in [0.2, 0.25) is 5.02 Å². The maximum atomic E-state index is 12.7. The van der Waals surface area contributed by atoms with E-state index in [-0.39, 0.29) is 17.7 Å². The summed E-state index contributed by atoms with van der Waals surface area (Å²) in [5.74, 6) is 0.616. The molecule has 0 bridgehead atoms. The number of ether oxygens (including phenoxy) is 2. The Hall–Kier alpha value is -2.99. The van der Waals surface area contributed by atoms with Crippen molar-refractivity contribution in [2.75, 3.05) is 32.6 Å². The van der Waals surface area contributed by atoms with E-state index < -0.39 is 0 Å². The van der Waals surface area contributed by atoms with Crippen molar-refractivity contribution in [3.8, 4) is 11.5 Å². The molecule has 6 nitrogen and oxygen atoms in total. The lowest BCUT2D eigenvalue weighted by Crippen LogP contribution is -2.40. The number of amides is 2. The third-order valence-corrected chi connectivity index (χ3v) is 5.42. The Kier molecular flexibility index (Phi) is 7.36. The molecule has 2 aromatic rings. The lowest BCUT2D eigenvalue weighted by molar-refractivity contribution is -0.130. The van der Waals surface area contributed by atoms with Gasteiger partial charge < -0.3 is 19.7 Å². The number of nitrogens with one attached hydrogen (secondary N) is 1. The molecule has 0 aromatic heterocycles. The van der Waals surface area contributed by atoms with Crippen LogP contribution in [-0.2, 0) is 9.59 Å². The summed E-state index contributed by atoms with van der Waals surface area (Å²) in [7, 11) is 3.04. The summed E-state index contributed by atoms with van der Waals surface area (Å²) < 4.78 is 10.5. The van der Waals surface area contributed by atoms with Crippen molar-refractivity contribution in [1.82, 2.24) is 4.90 Å². The average molecular weight is 429 g/mol. The molecule has 158 valence electrons. The van der Waals surface area contributed by atoms with E-state index in [2.05, 4.69) is 5.32 Å². The molecule has 2 aromatic carbocycles. The van der Waals surface area contributed by atoms with Gasteiger partial charge in [-0.15, -0.1) is 0 Å². The number of likely N-dealkylation sites (tertiary alicyclic amines) is 1. The number of piperidine rings is 1. The smallest absolute Gasteiger partial charge is 0.246 e. The van der Waals surface area contributed by atoms with Crippen molar-refractivity contribution in [2.45, 2.75) is 12.8 Å². The Bertz CT molecular complexity index is 922. The molecular formula is C23H25ClN2O4. The fourth-order valence-electron chi connectivity index (χ4n) is 3.39. The molecule has 1 heterocycles. The average Bonchev–Trinajstić information content (AvgIpc) is 2.78. The van der Waals surface area contributed by atoms with E-state index in [4.69, 9.17) is 21.1 Å². The Morgan fingerprint density at radius 2 is 1.73 bits per heavy atom. The first-order chi connectivity index (χ1) is 14.5. The zero-order chi connectivity index (χ0) is 21.5. The highest BCUT2D eigenvalue weighted by Gasteiger charge is 2.27. The minimum Gasteiger partial charge on any atom is -0.495 e. The molecule has 1 fully saturated rings. The second kappa shape index (κ2) is 10.2. The summed E-state index contributed by atoms with van der Waals surface area (Å²) >= 11 is 6.17. The molecular weight excluding hydrogens is 404 g/mol. The third kappa shape index (κ3) is 5.33. The molecule has 0 spiro atoms. The van der Waals surface area contributed by atoms with Crippen molar-refractivity contribution in [3.05, 3.63) is 59.1 Å². The van der Waals surface area contributed by atoms with Gasteiger partial charge in [0.15, 0.2) is 0 Å². The molecule has 0 unspecified atom stereocenters. The van der Waals surface area contributed by atoms with Crippen molar-refractivity contribution < 1.29 is 19.1 Å². The fourth-order valence-corrected chi connectivity index (χ4v) is 3.63. The number of carbonyl (C=O) groups is 2. The highest BCUT2D eigenvalue weighted by atomic mass is 35.5. The molecule has 1 N–H and O–H groups in total. The van der Waals surface area contributed by atoms with Crippen molar-refractivity contribution in [1.29, 1.82) is 0 Å². The van der Waals surface area contributed by atoms with Crippen molar-refractivity contribution >= 4 is 35.2 Å². The zero-order valence-corrected chi connectivity index (χ0v) is 17.8. The minimum atomic E-state index is -0.183. The molecule has 3 rings (SSSR count). The number of halogens is 1. The number of hydrogen-bond acceptors (Lipinski definition) is 4. The van der Waals surface area contributed by atoms with Crippen LogP contribution in [0.5, 0.6) is 11.5 Å². The van der Waals surface area contributed by atoms with Crippen LogP contribution in [0.3, 0.4) is 0 Å². The van der Waals surface area contributed by atoms with Gasteiger partial charge in [-0.2, -0.15) is 0 Å². The van der Waals surface area contributed by atoms with Crippen LogP contribution in [0, 0.1) is 5.92 Å². The van der Waals surface area contributed by atoms with E-state index in [0.29, 0.717) is 48.1 Å². The van der Waals surface area contributed by atoms with Gasteiger partial charge in [0.1, 0.15) is 11.5 Å². The predicted molar refractivity (Wildman–Crippen MR) is 118 cm³/mol. The van der Waals surface area contributed by atoms with Crippen LogP contribution in [-0.4, -0.2) is 44.0 Å². The highest BCUT2D eigenvalue weighted by molar-refractivity contribution is 6.32. The fraction of sp³-hybridized carbons (Fsp3) is 0.304. The third-order valence-electron chi connectivity index (χ3n) is 5.13. The van der Waals surface area contributed by atoms with Gasteiger partial charge in [0.05, 0.1) is 24.9 Å². The van der Waals surface area contributed by atoms with E-state index in [1.807, 2.05) is 30.3 Å². The Morgan fingerprint density at radius 3 is 2.37 bits per heavy atom. The Labute approximate surface area is 181 Å². The SMILES string of the molecule is COc1cc(OC)c(NC(=O)C2CCN(C(=O)C=Cc3ccccc3)CC2)cc1Cl. The zero-order valence-electron chi connectivity index (χ0n) is 17.1. The van der Waals surface area contributed by atoms with Crippen molar-refractivity contribution in [3.63, 3.8) is 0 Å². The molecule has 1 aliphatic rings. The molecule has 7 heteroatoms. The lowest BCUT2D eigenvalue weighted by atomic mass is 9.95. The summed E-state index contributed by atoms with van der Waals surface area (Å²) in [5.41, 5.74) is 1.48. The quantitative estimate of drug-likeness (QED) is 0.698. The molecule has 1 saturated heterocycles. The standard InChI is InChI=1S/C23H25ClN2O4/c1-29-20-15-21(30-2)19(14-18(20)24)25-23(28)17-10-12-26(13-11-17)22(27)9-8-16-6-4-3-5-7-16/h3-9,14-15,17H,10-13H2,1-2H3,(H,25,28). The number of rotatable bonds is 6. The minimum absolute atomic E-state index is 0.0404. The van der Waals surface area contributed by atoms with Crippen LogP contribution in [0.4, 0.5) is 5.69 Å². The highest BCUT2D eigenvalue weighted by Crippen LogP contribution is 2.36. The van der Waals surface area contributed by atoms with Gasteiger partial charge in [0.2, 0.25) is 11.8 Å². The van der Waals surface area contributed by atoms with E-state index in [9.17, 15) is 9.59 Å². The number of carbonyl (C=O) groups excluding carboxylic acids is 2. The first-order valence-electron chi connectivity index (χ1n) is 9.76. The number of benzene rings is 2. The van der Waals surface area contributed by atoms with E-state index in [0.717, 1.165) is 5.56 Å². The van der Waals surface area contributed by atoms with E-state index >= 15 is 0 Å². The first kappa shape index (κ1) is 21.7. The number of methoxy groups -OCH3 is 2.